The van der Waals surface area contributed by atoms with Gasteiger partial charge in [-0.05, 0) is 27.2 Å². The number of nitrogens with one attached hydrogen (secondary N) is 1. The first-order valence-corrected chi connectivity index (χ1v) is 6.09. The van der Waals surface area contributed by atoms with Crippen LogP contribution in [-0.4, -0.2) is 55.7 Å². The van der Waals surface area contributed by atoms with Crippen LogP contribution < -0.4 is 5.32 Å². The van der Waals surface area contributed by atoms with E-state index >= 15 is 0 Å². The fourth-order valence-corrected chi connectivity index (χ4v) is 3.26. The number of rotatable bonds is 0. The molecule has 1 saturated heterocycles. The smallest absolute Gasteiger partial charge is 0.117 e. The van der Waals surface area contributed by atoms with E-state index in [-0.39, 0.29) is 5.66 Å². The van der Waals surface area contributed by atoms with E-state index in [2.05, 4.69) is 65.4 Å². The minimum absolute atomic E-state index is 0.0244. The molecule has 0 amide bonds. The monoisotopic (exact) mass is 232 g/mol. The van der Waals surface area contributed by atoms with Gasteiger partial charge in [0.2, 0.25) is 0 Å². The molecular formula is C13H20N4. The molecule has 1 atom stereocenters. The van der Waals surface area contributed by atoms with Crippen LogP contribution in [0.3, 0.4) is 0 Å². The van der Waals surface area contributed by atoms with E-state index in [9.17, 15) is 0 Å². The highest BCUT2D eigenvalue weighted by Crippen LogP contribution is 2.41. The molecule has 2 aliphatic rings. The van der Waals surface area contributed by atoms with Gasteiger partial charge in [0.1, 0.15) is 5.66 Å². The summed E-state index contributed by atoms with van der Waals surface area (Å²) in [4.78, 5) is 7.21. The highest BCUT2D eigenvalue weighted by atomic mass is 15.5. The van der Waals surface area contributed by atoms with Gasteiger partial charge in [0.05, 0.1) is 13.3 Å². The van der Waals surface area contributed by atoms with Crippen LogP contribution in [0, 0.1) is 0 Å². The molecule has 1 fully saturated rings. The molecule has 3 rings (SSSR count). The van der Waals surface area contributed by atoms with Crippen molar-refractivity contribution in [1.82, 2.24) is 14.7 Å². The maximum absolute atomic E-state index is 3.48. The Labute approximate surface area is 103 Å². The number of hydrogen-bond acceptors (Lipinski definition) is 4. The lowest BCUT2D eigenvalue weighted by atomic mass is 9.93. The highest BCUT2D eigenvalue weighted by molar-refractivity contribution is 5.56. The Kier molecular flexibility index (Phi) is 2.40. The summed E-state index contributed by atoms with van der Waals surface area (Å²) in [7, 11) is 6.59. The predicted molar refractivity (Wildman–Crippen MR) is 69.6 cm³/mol. The number of nitrogens with zero attached hydrogens (tertiary/aromatic N) is 3. The van der Waals surface area contributed by atoms with E-state index in [0.29, 0.717) is 0 Å². The SMILES string of the molecule is CN1CN(C)C2(C1)c1ccccc1NCN2C. The van der Waals surface area contributed by atoms with Crippen LogP contribution in [-0.2, 0) is 5.66 Å². The second-order valence-electron chi connectivity index (χ2n) is 5.25. The molecule has 2 aliphatic heterocycles. The molecule has 4 nitrogen and oxygen atoms in total. The van der Waals surface area contributed by atoms with Crippen molar-refractivity contribution >= 4 is 5.69 Å². The van der Waals surface area contributed by atoms with Crippen LogP contribution in [0.25, 0.3) is 0 Å². The first-order valence-electron chi connectivity index (χ1n) is 6.09. The molecular weight excluding hydrogens is 212 g/mol. The molecule has 0 saturated carbocycles. The van der Waals surface area contributed by atoms with Gasteiger partial charge in [-0.15, -0.1) is 0 Å². The topological polar surface area (TPSA) is 21.8 Å². The number of fused-ring (bicyclic) bond motifs is 2. The van der Waals surface area contributed by atoms with Gasteiger partial charge in [0.25, 0.3) is 0 Å². The van der Waals surface area contributed by atoms with Gasteiger partial charge in [0.15, 0.2) is 0 Å². The average Bonchev–Trinajstić information content (AvgIpc) is 2.61. The summed E-state index contributed by atoms with van der Waals surface area (Å²) in [6.07, 6.45) is 0. The normalized spacial score (nSPS) is 30.5. The van der Waals surface area contributed by atoms with Crippen molar-refractivity contribution in [3.05, 3.63) is 29.8 Å². The van der Waals surface area contributed by atoms with Crippen molar-refractivity contribution in [2.24, 2.45) is 0 Å². The molecule has 1 unspecified atom stereocenters. The molecule has 1 spiro atoms. The molecule has 92 valence electrons. The largest absolute Gasteiger partial charge is 0.372 e. The highest BCUT2D eigenvalue weighted by Gasteiger charge is 2.48. The van der Waals surface area contributed by atoms with E-state index in [4.69, 9.17) is 0 Å². The predicted octanol–water partition coefficient (Wildman–Crippen LogP) is 0.989. The van der Waals surface area contributed by atoms with Gasteiger partial charge in [-0.1, -0.05) is 18.2 Å². The molecule has 17 heavy (non-hydrogen) atoms. The minimum Gasteiger partial charge on any atom is -0.372 e. The summed E-state index contributed by atoms with van der Waals surface area (Å²) in [6.45, 7) is 2.96. The van der Waals surface area contributed by atoms with E-state index in [0.717, 1.165) is 19.9 Å². The van der Waals surface area contributed by atoms with Crippen molar-refractivity contribution in [3.63, 3.8) is 0 Å². The van der Waals surface area contributed by atoms with Crippen LogP contribution >= 0.6 is 0 Å². The summed E-state index contributed by atoms with van der Waals surface area (Å²) in [5.41, 5.74) is 2.68. The summed E-state index contributed by atoms with van der Waals surface area (Å²) >= 11 is 0. The van der Waals surface area contributed by atoms with E-state index in [1.807, 2.05) is 0 Å². The third-order valence-corrected chi connectivity index (χ3v) is 4.07. The summed E-state index contributed by atoms with van der Waals surface area (Å²) in [5, 5.41) is 3.48. The Hall–Kier alpha value is -1.10. The molecule has 4 heteroatoms. The molecule has 2 heterocycles. The third kappa shape index (κ3) is 1.41. The number of benzene rings is 1. The number of para-hydroxylation sites is 1. The van der Waals surface area contributed by atoms with E-state index < -0.39 is 0 Å². The van der Waals surface area contributed by atoms with Gasteiger partial charge in [0, 0.05) is 17.8 Å². The lowest BCUT2D eigenvalue weighted by molar-refractivity contribution is 0.00792. The van der Waals surface area contributed by atoms with Gasteiger partial charge in [-0.3, -0.25) is 14.7 Å². The lowest BCUT2D eigenvalue weighted by Crippen LogP contribution is -2.57. The second kappa shape index (κ2) is 3.70. The number of hydrogen-bond donors (Lipinski definition) is 1. The maximum atomic E-state index is 3.48. The first-order chi connectivity index (χ1) is 8.14. The number of likely N-dealkylation sites (N-methyl/N-ethyl adjacent to an activating group) is 3. The van der Waals surface area contributed by atoms with Crippen LogP contribution in [0.2, 0.25) is 0 Å². The zero-order valence-electron chi connectivity index (χ0n) is 10.8. The average molecular weight is 232 g/mol. The fraction of sp³-hybridized carbons (Fsp3) is 0.538. The van der Waals surface area contributed by atoms with Crippen molar-refractivity contribution in [1.29, 1.82) is 0 Å². The Morgan fingerprint density at radius 1 is 1.12 bits per heavy atom. The molecule has 1 aromatic carbocycles. The molecule has 0 aliphatic carbocycles. The van der Waals surface area contributed by atoms with Gasteiger partial charge < -0.3 is 5.32 Å². The molecule has 0 aromatic heterocycles. The van der Waals surface area contributed by atoms with Gasteiger partial charge in [-0.25, -0.2) is 0 Å². The fourth-order valence-electron chi connectivity index (χ4n) is 3.26. The van der Waals surface area contributed by atoms with Crippen LogP contribution in [0.5, 0.6) is 0 Å². The second-order valence-corrected chi connectivity index (χ2v) is 5.25. The van der Waals surface area contributed by atoms with Gasteiger partial charge >= 0.3 is 0 Å². The summed E-state index contributed by atoms with van der Waals surface area (Å²) in [5.74, 6) is 0. The van der Waals surface area contributed by atoms with E-state index in [1.165, 1.54) is 11.3 Å². The standard InChI is InChI=1S/C13H20N4/c1-15-8-13(17(3)10-15)11-6-4-5-7-12(11)14-9-16(13)2/h4-7,14H,8-10H2,1-3H3. The Morgan fingerprint density at radius 2 is 1.88 bits per heavy atom. The third-order valence-electron chi connectivity index (χ3n) is 4.07. The molecule has 1 aromatic rings. The van der Waals surface area contributed by atoms with E-state index in [1.54, 1.807) is 0 Å². The quantitative estimate of drug-likeness (QED) is 0.720. The lowest BCUT2D eigenvalue weighted by Gasteiger charge is -2.47. The molecule has 0 radical (unpaired) electrons. The van der Waals surface area contributed by atoms with Crippen molar-refractivity contribution in [2.75, 3.05) is 46.3 Å². The van der Waals surface area contributed by atoms with Crippen LogP contribution in [0.4, 0.5) is 5.69 Å². The van der Waals surface area contributed by atoms with Crippen molar-refractivity contribution < 1.29 is 0 Å². The Bertz CT molecular complexity index is 433. The zero-order valence-corrected chi connectivity index (χ0v) is 10.8. The Balaban J connectivity index is 2.15. The van der Waals surface area contributed by atoms with Crippen molar-refractivity contribution in [3.8, 4) is 0 Å². The minimum atomic E-state index is 0.0244. The maximum Gasteiger partial charge on any atom is 0.117 e. The molecule has 1 N–H and O–H groups in total. The summed E-state index contributed by atoms with van der Waals surface area (Å²) in [6, 6.07) is 8.65. The van der Waals surface area contributed by atoms with Crippen molar-refractivity contribution in [2.45, 2.75) is 5.66 Å². The van der Waals surface area contributed by atoms with Crippen LogP contribution in [0.15, 0.2) is 24.3 Å². The number of anilines is 1. The first kappa shape index (κ1) is 11.0. The Morgan fingerprint density at radius 3 is 2.59 bits per heavy atom. The molecule has 0 bridgehead atoms. The van der Waals surface area contributed by atoms with Gasteiger partial charge in [-0.2, -0.15) is 0 Å². The van der Waals surface area contributed by atoms with Crippen LogP contribution in [0.1, 0.15) is 5.56 Å². The zero-order chi connectivity index (χ0) is 12.0. The summed E-state index contributed by atoms with van der Waals surface area (Å²) < 4.78 is 0.